The summed E-state index contributed by atoms with van der Waals surface area (Å²) in [7, 11) is 0. The van der Waals surface area contributed by atoms with Crippen molar-refractivity contribution in [3.63, 3.8) is 0 Å². The molecule has 4 heterocycles. The van der Waals surface area contributed by atoms with E-state index in [1.165, 1.54) is 0 Å². The number of aryl methyl sites for hydroxylation is 4. The number of benzene rings is 8. The van der Waals surface area contributed by atoms with E-state index < -0.39 is 0 Å². The largest absolute Gasteiger partial charge is 0.371 e. The SMILES string of the molecule is CCC(C)CCC(=O)N1CCN(c2ccc(C)cc2Cl)[C@H](c2ccc(Cl)cc2)C1.Cc1ccc(N2CCN(C(=O)CCCC(C)C)C[C@H]2c2ccc(Cl)cc2)c(Cl)c1.Cc1ccc(N2CCN(C(=O)COC(C)(C)C)C[C@H]2c2ccc(Cl)cc2)c(Cl)c1.Cc1ccc(N2CCN(C(=O)COCC(C)C)C[C@H]2c2ccc(Cl)cc2)c(Cl)c1. The Kier molecular flexibility index (Phi) is 35.6. The third kappa shape index (κ3) is 27.3. The maximum absolute atomic E-state index is 12.9. The van der Waals surface area contributed by atoms with Gasteiger partial charge < -0.3 is 48.7 Å². The van der Waals surface area contributed by atoms with Crippen LogP contribution in [-0.2, 0) is 28.7 Å². The number of ether oxygens (including phenoxy) is 2. The summed E-state index contributed by atoms with van der Waals surface area (Å²) in [5.41, 5.74) is 12.7. The molecule has 0 radical (unpaired) electrons. The van der Waals surface area contributed by atoms with Gasteiger partial charge in [-0.05, 0) is 221 Å². The second-order valence-corrected chi connectivity index (χ2v) is 36.2. The van der Waals surface area contributed by atoms with Crippen molar-refractivity contribution in [2.75, 3.05) is 118 Å². The van der Waals surface area contributed by atoms with E-state index in [2.05, 4.69) is 134 Å². The number of hydrogen-bond acceptors (Lipinski definition) is 10. The molecule has 22 heteroatoms. The third-order valence-corrected chi connectivity index (χ3v) is 23.8. The van der Waals surface area contributed by atoms with Gasteiger partial charge in [-0.3, -0.25) is 19.2 Å². The van der Waals surface area contributed by atoms with E-state index in [0.29, 0.717) is 116 Å². The highest BCUT2D eigenvalue weighted by molar-refractivity contribution is 6.35. The molecule has 4 aliphatic rings. The predicted octanol–water partition coefficient (Wildman–Crippen LogP) is 23.9. The van der Waals surface area contributed by atoms with Crippen molar-refractivity contribution in [3.05, 3.63) is 255 Å². The van der Waals surface area contributed by atoms with Crippen molar-refractivity contribution in [3.8, 4) is 0 Å². The van der Waals surface area contributed by atoms with Crippen molar-refractivity contribution >= 4 is 139 Å². The topological polar surface area (TPSA) is 113 Å². The lowest BCUT2D eigenvalue weighted by Gasteiger charge is -2.43. The summed E-state index contributed by atoms with van der Waals surface area (Å²) in [6.45, 7) is 35.8. The summed E-state index contributed by atoms with van der Waals surface area (Å²) >= 11 is 50.7. The molecule has 14 nitrogen and oxygen atoms in total. The Bertz CT molecular complexity index is 4370. The fourth-order valence-corrected chi connectivity index (χ4v) is 16.7. The molecule has 12 rings (SSSR count). The summed E-state index contributed by atoms with van der Waals surface area (Å²) in [5, 5.41) is 5.76. The second kappa shape index (κ2) is 44.4. The van der Waals surface area contributed by atoms with Crippen molar-refractivity contribution < 1.29 is 28.7 Å². The van der Waals surface area contributed by atoms with Crippen molar-refractivity contribution in [2.24, 2.45) is 17.8 Å². The molecule has 0 N–H and O–H groups in total. The minimum atomic E-state index is -0.345. The molecule has 0 aliphatic carbocycles. The number of rotatable bonds is 22. The highest BCUT2D eigenvalue weighted by Crippen LogP contribution is 2.42. The molecule has 4 aliphatic heterocycles. The van der Waals surface area contributed by atoms with Crippen molar-refractivity contribution in [1.82, 2.24) is 19.6 Å². The highest BCUT2D eigenvalue weighted by atomic mass is 35.5. The summed E-state index contributed by atoms with van der Waals surface area (Å²) in [4.78, 5) is 68.2. The minimum absolute atomic E-state index is 0.00438. The van der Waals surface area contributed by atoms with Crippen LogP contribution in [0.5, 0.6) is 0 Å². The molecule has 5 atom stereocenters. The first-order valence-electron chi connectivity index (χ1n) is 40.7. The molecular formula is C94H116Cl8N8O6. The normalized spacial score (nSPS) is 17.4. The molecular weight excluding hydrogens is 1620 g/mol. The zero-order valence-electron chi connectivity index (χ0n) is 69.6. The molecule has 116 heavy (non-hydrogen) atoms. The Balaban J connectivity index is 0.000000177. The number of carbonyl (C=O) groups excluding carboxylic acids is 4. The number of anilines is 4. The van der Waals surface area contributed by atoms with Crippen LogP contribution in [0.25, 0.3) is 0 Å². The van der Waals surface area contributed by atoms with Gasteiger partial charge >= 0.3 is 0 Å². The Morgan fingerprint density at radius 3 is 0.922 bits per heavy atom. The number of hydrogen-bond donors (Lipinski definition) is 0. The van der Waals surface area contributed by atoms with Crippen LogP contribution >= 0.6 is 92.8 Å². The number of carbonyl (C=O) groups is 4. The van der Waals surface area contributed by atoms with Crippen LogP contribution in [-0.4, -0.2) is 147 Å². The molecule has 0 saturated carbocycles. The van der Waals surface area contributed by atoms with E-state index in [1.54, 1.807) is 0 Å². The molecule has 4 saturated heterocycles. The van der Waals surface area contributed by atoms with Crippen LogP contribution in [0.3, 0.4) is 0 Å². The average molecular weight is 1740 g/mol. The van der Waals surface area contributed by atoms with Crippen LogP contribution in [0.1, 0.15) is 170 Å². The van der Waals surface area contributed by atoms with Gasteiger partial charge in [0.15, 0.2) is 0 Å². The molecule has 624 valence electrons. The first-order valence-corrected chi connectivity index (χ1v) is 43.7. The third-order valence-electron chi connectivity index (χ3n) is 21.6. The molecule has 8 aromatic rings. The smallest absolute Gasteiger partial charge is 0.248 e. The molecule has 8 aromatic carbocycles. The van der Waals surface area contributed by atoms with Gasteiger partial charge in [-0.1, -0.05) is 220 Å². The van der Waals surface area contributed by atoms with Crippen LogP contribution in [0.4, 0.5) is 22.7 Å². The number of nitrogens with zero attached hydrogens (tertiary/aromatic N) is 8. The van der Waals surface area contributed by atoms with E-state index in [9.17, 15) is 19.2 Å². The summed E-state index contributed by atoms with van der Waals surface area (Å²) in [6, 6.07) is 56.1. The van der Waals surface area contributed by atoms with Gasteiger partial charge in [0.1, 0.15) is 13.2 Å². The summed E-state index contributed by atoms with van der Waals surface area (Å²) in [6.07, 6.45) is 5.34. The highest BCUT2D eigenvalue weighted by Gasteiger charge is 2.37. The van der Waals surface area contributed by atoms with Crippen molar-refractivity contribution in [1.29, 1.82) is 0 Å². The molecule has 4 fully saturated rings. The fraction of sp³-hybridized carbons (Fsp3) is 0.447. The Labute approximate surface area is 730 Å². The maximum atomic E-state index is 12.9. The first-order chi connectivity index (χ1) is 55.2. The Hall–Kier alpha value is -6.92. The summed E-state index contributed by atoms with van der Waals surface area (Å²) in [5.74, 6) is 2.15. The summed E-state index contributed by atoms with van der Waals surface area (Å²) < 4.78 is 11.3. The monoisotopic (exact) mass is 1730 g/mol. The van der Waals surface area contributed by atoms with Crippen molar-refractivity contribution in [2.45, 2.75) is 158 Å². The lowest BCUT2D eigenvalue weighted by atomic mass is 9.99. The van der Waals surface area contributed by atoms with E-state index in [0.717, 1.165) is 133 Å². The standard InChI is InChI=1S/2C24H30Cl2N2O.2C23H28Cl2N2O2/c1-17(2)5-4-6-24(29)27-13-14-28(22-12-7-18(3)15-21(22)26)23(16-27)19-8-10-20(25)11-9-19;1-4-17(2)6-12-24(29)27-13-14-28(22-11-5-18(3)15-21(22)26)23(16-27)19-7-9-20(25)10-8-19;1-16-5-10-20(19(25)13-16)27-12-11-26(22(28)15-29-23(2,3)4)14-21(27)17-6-8-18(24)9-7-17;1-16(2)14-29-15-23(28)26-10-11-27(21-9-4-17(3)12-20(21)25)22(13-26)18-5-7-19(24)8-6-18/h7-12,15,17,23H,4-6,13-14,16H2,1-3H3;5,7-11,15,17,23H,4,6,12-14,16H2,1-3H3;5-10,13,21H,11-12,14-15H2,1-4H3;4-9,12,16,22H,10-11,13-15H2,1-3H3/t23-;17?,23-;21-;22-/m0000/s1. The lowest BCUT2D eigenvalue weighted by molar-refractivity contribution is -0.142. The van der Waals surface area contributed by atoms with Gasteiger partial charge in [0.25, 0.3) is 0 Å². The van der Waals surface area contributed by atoms with Gasteiger partial charge in [-0.25, -0.2) is 0 Å². The van der Waals surface area contributed by atoms with Crippen LogP contribution in [0.15, 0.2) is 170 Å². The lowest BCUT2D eigenvalue weighted by Crippen LogP contribution is -2.52. The van der Waals surface area contributed by atoms with Crippen LogP contribution in [0, 0.1) is 45.4 Å². The quantitative estimate of drug-likeness (QED) is 0.0650. The zero-order chi connectivity index (χ0) is 84.1. The van der Waals surface area contributed by atoms with Crippen LogP contribution in [0.2, 0.25) is 40.2 Å². The fourth-order valence-electron chi connectivity index (χ4n) is 14.8. The molecule has 1 unspecified atom stereocenters. The first kappa shape index (κ1) is 93.0. The number of halogens is 8. The average Bonchev–Trinajstić information content (AvgIpc) is 0.804. The van der Waals surface area contributed by atoms with E-state index >= 15 is 0 Å². The molecule has 0 spiro atoms. The van der Waals surface area contributed by atoms with Gasteiger partial charge in [0, 0.05) is 118 Å². The maximum Gasteiger partial charge on any atom is 0.248 e. The Morgan fingerprint density at radius 2 is 0.655 bits per heavy atom. The van der Waals surface area contributed by atoms with Gasteiger partial charge in [-0.2, -0.15) is 0 Å². The molecule has 0 aromatic heterocycles. The molecule has 0 bridgehead atoms. The van der Waals surface area contributed by atoms with E-state index in [4.69, 9.17) is 102 Å². The number of amides is 4. The minimum Gasteiger partial charge on any atom is -0.371 e. The Morgan fingerprint density at radius 1 is 0.371 bits per heavy atom. The van der Waals surface area contributed by atoms with E-state index in [1.807, 2.05) is 165 Å². The van der Waals surface area contributed by atoms with Gasteiger partial charge in [0.2, 0.25) is 23.6 Å². The van der Waals surface area contributed by atoms with Gasteiger partial charge in [0.05, 0.1) is 72.6 Å². The van der Waals surface area contributed by atoms with Gasteiger partial charge in [-0.15, -0.1) is 0 Å². The molecule has 4 amide bonds. The second-order valence-electron chi connectivity index (χ2n) is 32.9. The van der Waals surface area contributed by atoms with Crippen LogP contribution < -0.4 is 19.6 Å². The predicted molar refractivity (Wildman–Crippen MR) is 486 cm³/mol. The number of piperazine rings is 4. The van der Waals surface area contributed by atoms with E-state index in [-0.39, 0.29) is 66.6 Å². The zero-order valence-corrected chi connectivity index (χ0v) is 75.7.